The van der Waals surface area contributed by atoms with Crippen LogP contribution in [0.15, 0.2) is 192 Å². The maximum absolute atomic E-state index is 14.2. The van der Waals surface area contributed by atoms with Gasteiger partial charge in [-0.1, -0.05) is 175 Å². The molecule has 5 aliphatic heterocycles. The number of benzene rings is 7. The number of rotatable bonds is 34. The summed E-state index contributed by atoms with van der Waals surface area (Å²) < 4.78 is 18.4. The number of nitrogens with zero attached hydrogens (tertiary/aromatic N) is 9. The van der Waals surface area contributed by atoms with E-state index in [9.17, 15) is 58.1 Å². The van der Waals surface area contributed by atoms with Gasteiger partial charge in [-0.15, -0.1) is 11.3 Å². The third kappa shape index (κ3) is 32.1. The highest BCUT2D eigenvalue weighted by molar-refractivity contribution is 9.10. The van der Waals surface area contributed by atoms with Crippen molar-refractivity contribution in [3.8, 4) is 11.5 Å². The molecule has 5 unspecified atom stereocenters. The number of aromatic nitrogens is 1. The Labute approximate surface area is 905 Å². The number of methoxy groups -OCH3 is 1. The molecule has 8 aliphatic rings. The predicted octanol–water partition coefficient (Wildman–Crippen LogP) is 22.5. The molecule has 3 saturated carbocycles. The first-order chi connectivity index (χ1) is 71.9. The van der Waals surface area contributed by atoms with Crippen LogP contribution in [-0.2, 0) is 66.1 Å². The van der Waals surface area contributed by atoms with Gasteiger partial charge in [0.1, 0.15) is 44.1 Å². The van der Waals surface area contributed by atoms with Crippen LogP contribution in [0.2, 0.25) is 8.67 Å². The van der Waals surface area contributed by atoms with Gasteiger partial charge in [0.15, 0.2) is 11.6 Å². The number of thiophene rings is 1. The van der Waals surface area contributed by atoms with Gasteiger partial charge in [-0.2, -0.15) is 0 Å². The summed E-state index contributed by atoms with van der Waals surface area (Å²) in [5.74, 6) is 2.89. The maximum atomic E-state index is 14.2. The quantitative estimate of drug-likeness (QED) is 0.00957. The van der Waals surface area contributed by atoms with Gasteiger partial charge in [-0.05, 0) is 320 Å². The molecule has 3 aliphatic carbocycles. The number of non-ortho nitro benzene ring substituents is 1. The molecule has 7 heterocycles. The number of nitrogens with one attached hydrogen (secondary N) is 4. The van der Waals surface area contributed by atoms with E-state index in [1.54, 1.807) is 76.5 Å². The average molecular weight is 2170 g/mol. The normalized spacial score (nSPS) is 18.4. The van der Waals surface area contributed by atoms with Crippen molar-refractivity contribution in [3.63, 3.8) is 0 Å². The van der Waals surface area contributed by atoms with Crippen molar-refractivity contribution in [2.45, 2.75) is 266 Å². The first-order valence-electron chi connectivity index (χ1n) is 52.9. The minimum atomic E-state index is -0.906. The number of fused-ring (bicyclic) bond motifs is 4. The molecule has 4 N–H and O–H groups in total. The molecule has 4 saturated heterocycles. The monoisotopic (exact) mass is 2170 g/mol. The standard InChI is InChI=1S/C35H37N3O5.C32H41BrCl2N4O5S.C21H28N2O.2C15H20N2O2/c1-24(39)23-43-31-18-15-26-20-28(14-13-27(26)21-31)33(34(40)37-29-8-4-3-5-9-29)38(35(41)32-10-6-7-19-36-32)22-25-11-16-30(42-2)17-12-25;1-18(36-15-25-27(33)29(35)45-28(25)34)14-37-30(42)24-13-22-17-39(16-21(22)12-23(24)19(2)40)26(41)7-6-20-8-10-38(11-9-20)31(43)44-32(3,4)5;1-16(2)19-9-7-18(8-10-19)14-20-13-17(3)23(21(20)24)15-22-11-5-4-6-12-22;18-17(19)14-5-2-11(3-6-14)7-8-16-15-10-12-1-4-13(15)9-12;1-4-16(5-2)13-10-14(18)17(15(13)19)12-8-6-7-11(3)9-12/h6-7,10-21,29,33H,3-5,8-9,22-23H2,1-2H3,(H,37,40);12-13,18,20,36H,6-11,14-17H2,1-5H3,(H,37,42);7-10,14,16H,3-6,11-13,15H2,1-2H3;2-3,5-6,12-13,15-16H,1,4,7-10H2;6-9,13H,4-5,10H2,1-3H3/b;;20-14+;;/t;18-;;;/m.1.../s1. The molecule has 150 heavy (non-hydrogen) atoms. The van der Waals surface area contributed by atoms with E-state index in [2.05, 4.69) is 91.8 Å². The number of nitro benzene ring substituents is 1. The Morgan fingerprint density at radius 2 is 1.39 bits per heavy atom. The van der Waals surface area contributed by atoms with Crippen molar-refractivity contribution in [1.82, 2.24) is 55.7 Å². The smallest absolute Gasteiger partial charge is 0.410 e. The second-order valence-corrected chi connectivity index (χ2v) is 44.9. The Hall–Kier alpha value is -11.9. The molecule has 9 aromatic rings. The van der Waals surface area contributed by atoms with E-state index in [0.717, 1.165) is 162 Å². The summed E-state index contributed by atoms with van der Waals surface area (Å²) in [4.78, 5) is 156. The third-order valence-electron chi connectivity index (χ3n) is 29.3. The highest BCUT2D eigenvalue weighted by atomic mass is 79.9. The van der Waals surface area contributed by atoms with Crippen LogP contribution in [0.3, 0.4) is 0 Å². The molecular formula is C118H146BrCl2N13O15S. The van der Waals surface area contributed by atoms with Crippen molar-refractivity contribution in [1.29, 1.82) is 0 Å². The molecule has 0 radical (unpaired) electrons. The number of hydrogen-bond donors (Lipinski definition) is 4. The Bertz CT molecular complexity index is 6260. The van der Waals surface area contributed by atoms with Crippen LogP contribution in [0.25, 0.3) is 16.8 Å². The van der Waals surface area contributed by atoms with Gasteiger partial charge in [0, 0.05) is 118 Å². The van der Waals surface area contributed by atoms with Crippen LogP contribution in [-0.4, -0.2) is 201 Å². The lowest BCUT2D eigenvalue weighted by atomic mass is 9.92. The summed E-state index contributed by atoms with van der Waals surface area (Å²) in [5.41, 5.74) is 11.9. The first kappa shape index (κ1) is 115. The van der Waals surface area contributed by atoms with Gasteiger partial charge >= 0.3 is 6.09 Å². The van der Waals surface area contributed by atoms with E-state index in [4.69, 9.17) is 37.4 Å². The number of amides is 8. The molecular weight excluding hydrogens is 2020 g/mol. The highest BCUT2D eigenvalue weighted by Gasteiger charge is 2.44. The molecule has 2 bridgehead atoms. The van der Waals surface area contributed by atoms with E-state index in [0.29, 0.717) is 113 Å². The summed E-state index contributed by atoms with van der Waals surface area (Å²) >= 11 is 17.2. The lowest BCUT2D eigenvalue weighted by Crippen LogP contribution is -2.47. The largest absolute Gasteiger partial charge is 0.497 e. The highest BCUT2D eigenvalue weighted by Crippen LogP contribution is 2.45. The lowest BCUT2D eigenvalue weighted by Gasteiger charge is -2.33. The molecule has 32 heteroatoms. The number of piperidine rings is 2. The van der Waals surface area contributed by atoms with Gasteiger partial charge in [0.25, 0.3) is 29.3 Å². The van der Waals surface area contributed by atoms with Crippen molar-refractivity contribution < 1.29 is 67.1 Å². The fourth-order valence-electron chi connectivity index (χ4n) is 20.8. The number of carbonyl (C=O) groups is 10. The van der Waals surface area contributed by atoms with Gasteiger partial charge in [0.2, 0.25) is 17.7 Å². The second kappa shape index (κ2) is 54.9. The van der Waals surface area contributed by atoms with Gasteiger partial charge in [-0.3, -0.25) is 72.9 Å². The van der Waals surface area contributed by atoms with Crippen LogP contribution in [0.1, 0.15) is 278 Å². The van der Waals surface area contributed by atoms with Crippen LogP contribution in [0, 0.1) is 34.8 Å². The second-order valence-electron chi connectivity index (χ2n) is 41.9. The molecule has 0 spiro atoms. The summed E-state index contributed by atoms with van der Waals surface area (Å²) in [7, 11) is 1.61. The van der Waals surface area contributed by atoms with Gasteiger partial charge < -0.3 is 50.2 Å². The van der Waals surface area contributed by atoms with Crippen molar-refractivity contribution in [2.75, 3.05) is 77.6 Å². The molecule has 7 aromatic carbocycles. The Morgan fingerprint density at radius 3 is 2.01 bits per heavy atom. The Kier molecular flexibility index (Phi) is 42.2. The average Bonchev–Trinajstić information content (AvgIpc) is 1.33. The molecule has 8 amide bonds. The third-order valence-corrected chi connectivity index (χ3v) is 32.3. The van der Waals surface area contributed by atoms with Gasteiger partial charge in [-0.25, -0.2) is 9.69 Å². The number of likely N-dealkylation sites (tertiary alicyclic amines) is 3. The number of Topliss-reactive ketones (excluding diaryl/α,β-unsaturated/α-hetero) is 2. The Morgan fingerprint density at radius 1 is 0.727 bits per heavy atom. The van der Waals surface area contributed by atoms with Crippen LogP contribution < -0.4 is 35.6 Å². The van der Waals surface area contributed by atoms with Crippen molar-refractivity contribution in [2.24, 2.45) is 17.8 Å². The number of ketones is 2. The minimum Gasteiger partial charge on any atom is -0.497 e. The molecule has 17 rings (SSSR count). The van der Waals surface area contributed by atoms with Crippen LogP contribution in [0.5, 0.6) is 11.5 Å². The van der Waals surface area contributed by atoms with E-state index < -0.39 is 11.6 Å². The van der Waals surface area contributed by atoms with E-state index in [-0.39, 0.29) is 113 Å². The molecule has 2 aromatic heterocycles. The first-order valence-corrected chi connectivity index (χ1v) is 55.3. The van der Waals surface area contributed by atoms with E-state index in [1.165, 1.54) is 92.6 Å². The number of carbonyl (C=O) groups excluding carboxylic acids is 10. The fourth-order valence-corrected chi connectivity index (χ4v) is 23.2. The number of nitro groups is 1. The number of ether oxygens (including phenoxy) is 3. The maximum Gasteiger partial charge on any atom is 0.410 e. The number of halogens is 3. The minimum absolute atomic E-state index is 0.00293. The topological polar surface area (TPSA) is 325 Å². The molecule has 800 valence electrons. The zero-order chi connectivity index (χ0) is 108. The van der Waals surface area contributed by atoms with Gasteiger partial charge in [0.05, 0.1) is 46.9 Å². The Balaban J connectivity index is 0.000000164. The SMILES string of the molecule is C=C1C/C(=C\c2ccc(C(C)C)cc2)C(=O)N1CN1CCCCC1.CC(=O)c1cc2c(cc1C(=O)NC[C@@H](C)NCc1c(Cl)sc(Cl)c1Br)CN(C(=O)CCC1CCN(C(=O)OC(C)(C)C)CC1)C2.CCN(CC)C1CC(=O)N(c2cccc(C)c2)C1=O.COc1ccc(CN(C(=O)c2ccccn2)C(C(=O)NC2CCCCC2)c2ccc3cc(OCC(C)=O)ccc3c2)cc1.O=[N+]([O-])c1ccc(CCNC2CC3CCC2C3)cc1. The summed E-state index contributed by atoms with van der Waals surface area (Å²) in [6, 6.07) is 49.9. The zero-order valence-electron chi connectivity index (χ0n) is 88.7. The lowest BCUT2D eigenvalue weighted by molar-refractivity contribution is -0.384. The van der Waals surface area contributed by atoms with Crippen LogP contribution >= 0.6 is 50.5 Å². The molecule has 28 nitrogen and oxygen atoms in total. The summed E-state index contributed by atoms with van der Waals surface area (Å²) in [6.07, 6.45) is 22.6. The number of anilines is 1. The zero-order valence-corrected chi connectivity index (χ0v) is 92.6. The summed E-state index contributed by atoms with van der Waals surface area (Å²) in [6.45, 7) is 33.4. The number of pyridine rings is 1. The van der Waals surface area contributed by atoms with E-state index >= 15 is 0 Å². The van der Waals surface area contributed by atoms with Crippen LogP contribution in [0.4, 0.5) is 16.2 Å². The number of imide groups is 1. The number of likely N-dealkylation sites (N-methyl/N-ethyl adjacent to an activating group) is 1. The van der Waals surface area contributed by atoms with Crippen molar-refractivity contribution >= 4 is 138 Å². The fraction of sp³-hybridized carbons (Fsp3) is 0.466. The predicted molar refractivity (Wildman–Crippen MR) is 595 cm³/mol. The van der Waals surface area contributed by atoms with Crippen molar-refractivity contribution in [3.05, 3.63) is 278 Å². The molecule has 7 fully saturated rings. The molecule has 6 atom stereocenters. The van der Waals surface area contributed by atoms with E-state index in [1.807, 2.05) is 155 Å². The number of hydrogen-bond acceptors (Lipinski definition) is 21. The summed E-state index contributed by atoms with van der Waals surface area (Å²) in [5, 5.41) is 25.5. The number of allylic oxidation sites excluding steroid dienone is 1. The number of aryl methyl sites for hydroxylation is 1.